The summed E-state index contributed by atoms with van der Waals surface area (Å²) in [7, 11) is 0. The molecule has 7 heteroatoms. The summed E-state index contributed by atoms with van der Waals surface area (Å²) in [5, 5.41) is 8.75. The number of imidazole rings is 1. The minimum absolute atomic E-state index is 0.769. The molecule has 3 aromatic heterocycles. The number of nitrogens with one attached hydrogen (secondary N) is 2. The minimum atomic E-state index is 0.769. The average molecular weight is 425 g/mol. The van der Waals surface area contributed by atoms with Gasteiger partial charge in [-0.3, -0.25) is 15.0 Å². The minimum Gasteiger partial charge on any atom is -0.379 e. The fourth-order valence-electron chi connectivity index (χ4n) is 4.45. The lowest BCUT2D eigenvalue weighted by atomic mass is 9.97. The van der Waals surface area contributed by atoms with Gasteiger partial charge in [-0.1, -0.05) is 18.2 Å². The Bertz CT molecular complexity index is 1380. The van der Waals surface area contributed by atoms with Crippen LogP contribution in [0.5, 0.6) is 0 Å². The summed E-state index contributed by atoms with van der Waals surface area (Å²) in [5.41, 5.74) is 8.55. The lowest BCUT2D eigenvalue weighted by Crippen LogP contribution is -2.35. The number of hydrogen-bond donors (Lipinski definition) is 2. The first-order valence-electron chi connectivity index (χ1n) is 10.9. The number of nitrogens with zero attached hydrogens (tertiary/aromatic N) is 4. The standard InChI is InChI=1S/C25H24N6O/c1-16-18(15-31-8-10-32-11-9-31)13-26-14-20(16)17-6-7-21-19(12-17)24(30-29-21)25-27-22-4-2-3-5-23(22)28-25/h2-7,12-14H,8-11,15H2,1H3,(H,27,28)(H,29,30). The maximum absolute atomic E-state index is 5.49. The summed E-state index contributed by atoms with van der Waals surface area (Å²) in [4.78, 5) is 15.1. The quantitative estimate of drug-likeness (QED) is 0.449. The zero-order valence-electron chi connectivity index (χ0n) is 17.9. The zero-order chi connectivity index (χ0) is 21.5. The Kier molecular flexibility index (Phi) is 4.70. The number of ether oxygens (including phenoxy) is 1. The smallest absolute Gasteiger partial charge is 0.159 e. The zero-order valence-corrected chi connectivity index (χ0v) is 17.9. The predicted octanol–water partition coefficient (Wildman–Crippen LogP) is 4.31. The van der Waals surface area contributed by atoms with E-state index in [0.29, 0.717) is 0 Å². The number of aromatic amines is 2. The highest BCUT2D eigenvalue weighted by Crippen LogP contribution is 2.32. The second kappa shape index (κ2) is 7.85. The predicted molar refractivity (Wildman–Crippen MR) is 125 cm³/mol. The number of fused-ring (bicyclic) bond motifs is 2. The summed E-state index contributed by atoms with van der Waals surface area (Å²) in [6.45, 7) is 6.61. The monoisotopic (exact) mass is 424 g/mol. The van der Waals surface area contributed by atoms with E-state index in [0.717, 1.165) is 77.4 Å². The third kappa shape index (κ3) is 3.36. The van der Waals surface area contributed by atoms with Crippen molar-refractivity contribution < 1.29 is 4.74 Å². The maximum atomic E-state index is 5.49. The SMILES string of the molecule is Cc1c(CN2CCOCC2)cncc1-c1ccc2[nH]nc(-c3nc4ccccc4[nH]3)c2c1. The van der Waals surface area contributed by atoms with Crippen LogP contribution in [0.25, 0.3) is 44.6 Å². The van der Waals surface area contributed by atoms with Crippen molar-refractivity contribution in [3.05, 3.63) is 66.0 Å². The average Bonchev–Trinajstić information content (AvgIpc) is 3.44. The Hall–Kier alpha value is -3.55. The molecule has 0 amide bonds. The number of hydrogen-bond acceptors (Lipinski definition) is 5. The molecule has 1 aliphatic rings. The van der Waals surface area contributed by atoms with Gasteiger partial charge in [0.15, 0.2) is 5.82 Å². The van der Waals surface area contributed by atoms with E-state index in [-0.39, 0.29) is 0 Å². The van der Waals surface area contributed by atoms with E-state index < -0.39 is 0 Å². The summed E-state index contributed by atoms with van der Waals surface area (Å²) in [6.07, 6.45) is 3.95. The number of aromatic nitrogens is 5. The number of benzene rings is 2. The highest BCUT2D eigenvalue weighted by molar-refractivity contribution is 5.95. The molecule has 2 N–H and O–H groups in total. The summed E-state index contributed by atoms with van der Waals surface area (Å²) in [5.74, 6) is 0.769. The molecule has 6 rings (SSSR count). The van der Waals surface area contributed by atoms with Crippen molar-refractivity contribution in [3.63, 3.8) is 0 Å². The van der Waals surface area contributed by atoms with Gasteiger partial charge >= 0.3 is 0 Å². The molecule has 1 saturated heterocycles. The highest BCUT2D eigenvalue weighted by atomic mass is 16.5. The van der Waals surface area contributed by atoms with Crippen LogP contribution >= 0.6 is 0 Å². The van der Waals surface area contributed by atoms with E-state index in [4.69, 9.17) is 9.72 Å². The number of H-pyrrole nitrogens is 2. The first-order chi connectivity index (χ1) is 15.8. The molecule has 0 atom stereocenters. The molecule has 160 valence electrons. The Labute approximate surface area is 185 Å². The van der Waals surface area contributed by atoms with Crippen molar-refractivity contribution in [1.29, 1.82) is 0 Å². The molecule has 7 nitrogen and oxygen atoms in total. The van der Waals surface area contributed by atoms with E-state index in [1.54, 1.807) is 0 Å². The number of morpholine rings is 1. The molecule has 0 spiro atoms. The van der Waals surface area contributed by atoms with Crippen LogP contribution < -0.4 is 0 Å². The highest BCUT2D eigenvalue weighted by Gasteiger charge is 2.16. The van der Waals surface area contributed by atoms with Crippen LogP contribution in [0, 0.1) is 6.92 Å². The van der Waals surface area contributed by atoms with Crippen molar-refractivity contribution in [3.8, 4) is 22.6 Å². The first-order valence-corrected chi connectivity index (χ1v) is 10.9. The van der Waals surface area contributed by atoms with Crippen LogP contribution in [0.3, 0.4) is 0 Å². The van der Waals surface area contributed by atoms with E-state index in [1.807, 2.05) is 36.7 Å². The Morgan fingerprint density at radius 1 is 1.03 bits per heavy atom. The van der Waals surface area contributed by atoms with Crippen molar-refractivity contribution >= 4 is 21.9 Å². The topological polar surface area (TPSA) is 82.7 Å². The largest absolute Gasteiger partial charge is 0.379 e. The van der Waals surface area contributed by atoms with Gasteiger partial charge in [0.1, 0.15) is 5.69 Å². The van der Waals surface area contributed by atoms with E-state index in [9.17, 15) is 0 Å². The van der Waals surface area contributed by atoms with Gasteiger partial charge < -0.3 is 9.72 Å². The molecule has 1 aliphatic heterocycles. The lowest BCUT2D eigenvalue weighted by Gasteiger charge is -2.27. The Morgan fingerprint density at radius 2 is 1.91 bits per heavy atom. The van der Waals surface area contributed by atoms with Crippen LogP contribution in [0.1, 0.15) is 11.1 Å². The van der Waals surface area contributed by atoms with Gasteiger partial charge in [0.05, 0.1) is 29.8 Å². The van der Waals surface area contributed by atoms with Crippen molar-refractivity contribution in [2.45, 2.75) is 13.5 Å². The summed E-state index contributed by atoms with van der Waals surface area (Å²) >= 11 is 0. The van der Waals surface area contributed by atoms with Crippen molar-refractivity contribution in [2.24, 2.45) is 0 Å². The Morgan fingerprint density at radius 3 is 2.78 bits per heavy atom. The van der Waals surface area contributed by atoms with Crippen LogP contribution in [-0.2, 0) is 11.3 Å². The fourth-order valence-corrected chi connectivity index (χ4v) is 4.45. The maximum Gasteiger partial charge on any atom is 0.159 e. The summed E-state index contributed by atoms with van der Waals surface area (Å²) < 4.78 is 5.49. The number of rotatable bonds is 4. The molecule has 0 bridgehead atoms. The molecule has 2 aromatic carbocycles. The Balaban J connectivity index is 1.39. The van der Waals surface area contributed by atoms with Gasteiger partial charge in [0.2, 0.25) is 0 Å². The van der Waals surface area contributed by atoms with Gasteiger partial charge in [0, 0.05) is 43.0 Å². The van der Waals surface area contributed by atoms with Gasteiger partial charge in [-0.05, 0) is 47.9 Å². The normalized spacial score (nSPS) is 15.0. The van der Waals surface area contributed by atoms with Gasteiger partial charge in [-0.25, -0.2) is 4.98 Å². The van der Waals surface area contributed by atoms with E-state index >= 15 is 0 Å². The molecule has 0 saturated carbocycles. The fraction of sp³-hybridized carbons (Fsp3) is 0.240. The number of pyridine rings is 1. The van der Waals surface area contributed by atoms with Crippen molar-refractivity contribution in [1.82, 2.24) is 30.0 Å². The molecule has 32 heavy (non-hydrogen) atoms. The third-order valence-electron chi connectivity index (χ3n) is 6.30. The van der Waals surface area contributed by atoms with Gasteiger partial charge in [-0.15, -0.1) is 0 Å². The van der Waals surface area contributed by atoms with E-state index in [1.165, 1.54) is 11.1 Å². The molecular weight excluding hydrogens is 400 g/mol. The second-order valence-electron chi connectivity index (χ2n) is 8.29. The van der Waals surface area contributed by atoms with Crippen LogP contribution in [0.15, 0.2) is 54.9 Å². The molecule has 1 fully saturated rings. The molecule has 4 heterocycles. The lowest BCUT2D eigenvalue weighted by molar-refractivity contribution is 0.0341. The molecule has 5 aromatic rings. The van der Waals surface area contributed by atoms with Crippen LogP contribution in [-0.4, -0.2) is 56.4 Å². The molecule has 0 aliphatic carbocycles. The van der Waals surface area contributed by atoms with Crippen LogP contribution in [0.2, 0.25) is 0 Å². The third-order valence-corrected chi connectivity index (χ3v) is 6.30. The van der Waals surface area contributed by atoms with E-state index in [2.05, 4.69) is 50.2 Å². The summed E-state index contributed by atoms with van der Waals surface area (Å²) in [6, 6.07) is 14.4. The van der Waals surface area contributed by atoms with Crippen LogP contribution in [0.4, 0.5) is 0 Å². The second-order valence-corrected chi connectivity index (χ2v) is 8.29. The first kappa shape index (κ1) is 19.2. The molecular formula is C25H24N6O. The molecule has 0 radical (unpaired) electrons. The van der Waals surface area contributed by atoms with Crippen molar-refractivity contribution in [2.75, 3.05) is 26.3 Å². The number of para-hydroxylation sites is 2. The molecule has 0 unspecified atom stereocenters. The van der Waals surface area contributed by atoms with Gasteiger partial charge in [-0.2, -0.15) is 5.10 Å². The van der Waals surface area contributed by atoms with Gasteiger partial charge in [0.25, 0.3) is 0 Å².